The van der Waals surface area contributed by atoms with Gasteiger partial charge in [-0.2, -0.15) is 0 Å². The molecule has 84 valence electrons. The second-order valence-electron chi connectivity index (χ2n) is 3.85. The van der Waals surface area contributed by atoms with Gasteiger partial charge in [0.25, 0.3) is 0 Å². The van der Waals surface area contributed by atoms with Crippen LogP contribution in [0, 0.1) is 6.92 Å². The molecule has 0 radical (unpaired) electrons. The average Bonchev–Trinajstić information content (AvgIpc) is 2.59. The maximum atomic E-state index is 11.5. The number of anilines is 1. The van der Waals surface area contributed by atoms with Gasteiger partial charge < -0.3 is 9.64 Å². The Kier molecular flexibility index (Phi) is 2.64. The first-order valence-electron chi connectivity index (χ1n) is 5.08. The summed E-state index contributed by atoms with van der Waals surface area (Å²) >= 11 is 0. The fourth-order valence-corrected chi connectivity index (χ4v) is 1.80. The SMILES string of the molecule is COc1cc(N2CC(=O)CC2=O)ccc1C. The van der Waals surface area contributed by atoms with Crippen LogP contribution in [0.1, 0.15) is 12.0 Å². The van der Waals surface area contributed by atoms with Gasteiger partial charge in [0, 0.05) is 11.8 Å². The van der Waals surface area contributed by atoms with E-state index < -0.39 is 0 Å². The Bertz CT molecular complexity index is 454. The van der Waals surface area contributed by atoms with Crippen LogP contribution < -0.4 is 9.64 Å². The molecule has 0 saturated carbocycles. The topological polar surface area (TPSA) is 46.6 Å². The minimum absolute atomic E-state index is 0.0101. The number of Topliss-reactive ketones (excluding diaryl/α,β-unsaturated/α-hetero) is 1. The predicted molar refractivity (Wildman–Crippen MR) is 59.7 cm³/mol. The Morgan fingerprint density at radius 3 is 2.62 bits per heavy atom. The monoisotopic (exact) mass is 219 g/mol. The van der Waals surface area contributed by atoms with Crippen molar-refractivity contribution in [3.05, 3.63) is 23.8 Å². The van der Waals surface area contributed by atoms with E-state index in [9.17, 15) is 9.59 Å². The lowest BCUT2D eigenvalue weighted by molar-refractivity contribution is -0.121. The smallest absolute Gasteiger partial charge is 0.234 e. The highest BCUT2D eigenvalue weighted by atomic mass is 16.5. The summed E-state index contributed by atoms with van der Waals surface area (Å²) in [5.41, 5.74) is 1.72. The number of ketones is 1. The Labute approximate surface area is 93.8 Å². The number of carbonyl (C=O) groups is 2. The number of ether oxygens (including phenoxy) is 1. The molecule has 0 aromatic heterocycles. The van der Waals surface area contributed by atoms with Crippen LogP contribution in [-0.4, -0.2) is 25.3 Å². The van der Waals surface area contributed by atoms with Gasteiger partial charge in [0.2, 0.25) is 5.91 Å². The molecule has 1 amide bonds. The molecular formula is C12H13NO3. The Balaban J connectivity index is 2.34. The van der Waals surface area contributed by atoms with E-state index in [-0.39, 0.29) is 24.7 Å². The zero-order valence-electron chi connectivity index (χ0n) is 9.32. The van der Waals surface area contributed by atoms with Gasteiger partial charge >= 0.3 is 0 Å². The molecule has 16 heavy (non-hydrogen) atoms. The van der Waals surface area contributed by atoms with Crippen LogP contribution >= 0.6 is 0 Å². The van der Waals surface area contributed by atoms with Gasteiger partial charge in [-0.25, -0.2) is 0 Å². The molecule has 0 aliphatic carbocycles. The van der Waals surface area contributed by atoms with E-state index in [1.165, 1.54) is 4.90 Å². The molecule has 2 rings (SSSR count). The van der Waals surface area contributed by atoms with Crippen molar-refractivity contribution in [2.45, 2.75) is 13.3 Å². The summed E-state index contributed by atoms with van der Waals surface area (Å²) in [5, 5.41) is 0. The summed E-state index contributed by atoms with van der Waals surface area (Å²) in [6.45, 7) is 2.10. The summed E-state index contributed by atoms with van der Waals surface area (Å²) in [7, 11) is 1.59. The standard InChI is InChI=1S/C12H13NO3/c1-8-3-4-9(5-11(8)16-2)13-7-10(14)6-12(13)15/h3-5H,6-7H2,1-2H3. The first-order valence-corrected chi connectivity index (χ1v) is 5.08. The number of aryl methyl sites for hydroxylation is 1. The summed E-state index contributed by atoms with van der Waals surface area (Å²) in [5.74, 6) is 0.546. The molecule has 1 heterocycles. The van der Waals surface area contributed by atoms with Crippen molar-refractivity contribution in [3.8, 4) is 5.75 Å². The normalized spacial score (nSPS) is 15.8. The lowest BCUT2D eigenvalue weighted by atomic mass is 10.2. The molecule has 4 nitrogen and oxygen atoms in total. The van der Waals surface area contributed by atoms with Crippen LogP contribution in [0.4, 0.5) is 5.69 Å². The van der Waals surface area contributed by atoms with E-state index in [1.54, 1.807) is 13.2 Å². The van der Waals surface area contributed by atoms with Gasteiger partial charge in [0.1, 0.15) is 5.75 Å². The van der Waals surface area contributed by atoms with Gasteiger partial charge in [-0.05, 0) is 18.6 Å². The number of nitrogens with zero attached hydrogens (tertiary/aromatic N) is 1. The third-order valence-electron chi connectivity index (χ3n) is 2.69. The number of methoxy groups -OCH3 is 1. The van der Waals surface area contributed by atoms with E-state index in [2.05, 4.69) is 0 Å². The Morgan fingerprint density at radius 1 is 1.31 bits per heavy atom. The van der Waals surface area contributed by atoms with Crippen molar-refractivity contribution in [3.63, 3.8) is 0 Å². The molecule has 1 aromatic carbocycles. The van der Waals surface area contributed by atoms with Crippen LogP contribution in [-0.2, 0) is 9.59 Å². The first-order chi connectivity index (χ1) is 7.61. The molecule has 4 heteroatoms. The van der Waals surface area contributed by atoms with E-state index >= 15 is 0 Å². The summed E-state index contributed by atoms with van der Waals surface area (Å²) in [6.07, 6.45) is 0.0101. The zero-order valence-corrected chi connectivity index (χ0v) is 9.32. The van der Waals surface area contributed by atoms with Gasteiger partial charge in [-0.15, -0.1) is 0 Å². The number of hydrogen-bond donors (Lipinski definition) is 0. The highest BCUT2D eigenvalue weighted by Gasteiger charge is 2.28. The summed E-state index contributed by atoms with van der Waals surface area (Å²) < 4.78 is 5.18. The van der Waals surface area contributed by atoms with Crippen molar-refractivity contribution < 1.29 is 14.3 Å². The minimum atomic E-state index is -0.143. The van der Waals surface area contributed by atoms with Crippen molar-refractivity contribution >= 4 is 17.4 Å². The van der Waals surface area contributed by atoms with Crippen molar-refractivity contribution in [1.82, 2.24) is 0 Å². The first kappa shape index (κ1) is 10.7. The molecule has 1 fully saturated rings. The quantitative estimate of drug-likeness (QED) is 0.704. The van der Waals surface area contributed by atoms with Crippen LogP contribution in [0.5, 0.6) is 5.75 Å². The number of carbonyl (C=O) groups excluding carboxylic acids is 2. The van der Waals surface area contributed by atoms with Crippen LogP contribution in [0.15, 0.2) is 18.2 Å². The average molecular weight is 219 g/mol. The van der Waals surface area contributed by atoms with Gasteiger partial charge in [-0.3, -0.25) is 9.59 Å². The zero-order chi connectivity index (χ0) is 11.7. The molecule has 1 aliphatic rings. The van der Waals surface area contributed by atoms with Gasteiger partial charge in [0.15, 0.2) is 5.78 Å². The molecule has 0 bridgehead atoms. The second kappa shape index (κ2) is 3.96. The van der Waals surface area contributed by atoms with Gasteiger partial charge in [-0.1, -0.05) is 6.07 Å². The van der Waals surface area contributed by atoms with Crippen LogP contribution in [0.25, 0.3) is 0 Å². The van der Waals surface area contributed by atoms with Crippen molar-refractivity contribution in [2.24, 2.45) is 0 Å². The number of benzene rings is 1. The summed E-state index contributed by atoms with van der Waals surface area (Å²) in [6, 6.07) is 5.49. The third-order valence-corrected chi connectivity index (χ3v) is 2.69. The molecule has 0 unspecified atom stereocenters. The number of amides is 1. The maximum Gasteiger partial charge on any atom is 0.234 e. The van der Waals surface area contributed by atoms with Crippen LogP contribution in [0.3, 0.4) is 0 Å². The number of rotatable bonds is 2. The lowest BCUT2D eigenvalue weighted by Crippen LogP contribution is -2.24. The van der Waals surface area contributed by atoms with E-state index in [4.69, 9.17) is 4.74 Å². The fourth-order valence-electron chi connectivity index (χ4n) is 1.80. The largest absolute Gasteiger partial charge is 0.496 e. The lowest BCUT2D eigenvalue weighted by Gasteiger charge is -2.16. The molecule has 0 spiro atoms. The molecule has 1 saturated heterocycles. The second-order valence-corrected chi connectivity index (χ2v) is 3.85. The van der Waals surface area contributed by atoms with Crippen molar-refractivity contribution in [1.29, 1.82) is 0 Å². The molecular weight excluding hydrogens is 206 g/mol. The van der Waals surface area contributed by atoms with E-state index in [0.29, 0.717) is 0 Å². The number of hydrogen-bond acceptors (Lipinski definition) is 3. The maximum absolute atomic E-state index is 11.5. The van der Waals surface area contributed by atoms with Gasteiger partial charge in [0.05, 0.1) is 20.1 Å². The molecule has 0 atom stereocenters. The molecule has 0 N–H and O–H groups in total. The highest BCUT2D eigenvalue weighted by Crippen LogP contribution is 2.27. The Morgan fingerprint density at radius 2 is 2.06 bits per heavy atom. The highest BCUT2D eigenvalue weighted by molar-refractivity contribution is 6.15. The molecule has 1 aromatic rings. The Hall–Kier alpha value is -1.84. The van der Waals surface area contributed by atoms with E-state index in [1.807, 2.05) is 19.1 Å². The van der Waals surface area contributed by atoms with Crippen molar-refractivity contribution in [2.75, 3.05) is 18.6 Å². The molecule has 1 aliphatic heterocycles. The third kappa shape index (κ3) is 1.78. The predicted octanol–water partition coefficient (Wildman–Crippen LogP) is 1.31. The fraction of sp³-hybridized carbons (Fsp3) is 0.333. The minimum Gasteiger partial charge on any atom is -0.496 e. The van der Waals surface area contributed by atoms with E-state index in [0.717, 1.165) is 17.0 Å². The summed E-state index contributed by atoms with van der Waals surface area (Å²) in [4.78, 5) is 24.2. The van der Waals surface area contributed by atoms with Crippen LogP contribution in [0.2, 0.25) is 0 Å².